The number of amides is 1. The maximum atomic E-state index is 11.8. The Morgan fingerprint density at radius 2 is 2.48 bits per heavy atom. The van der Waals surface area contributed by atoms with Crippen LogP contribution >= 0.6 is 23.1 Å². The molecule has 1 aliphatic rings. The van der Waals surface area contributed by atoms with E-state index < -0.39 is 0 Å². The first-order valence-corrected chi connectivity index (χ1v) is 10.2. The summed E-state index contributed by atoms with van der Waals surface area (Å²) in [5, 5.41) is 14.2. The molecule has 1 saturated heterocycles. The minimum absolute atomic E-state index is 0.0939. The van der Waals surface area contributed by atoms with Crippen LogP contribution in [0.3, 0.4) is 0 Å². The summed E-state index contributed by atoms with van der Waals surface area (Å²) in [4.78, 5) is 12.9. The standard InChI is InChI=1S/C17H22N4O2S2/c1-21-15(19-20-17(21)25-12-13-4-2-10-23-13)8-9-18-16(22)7-6-14-5-3-11-24-14/h3,5-7,11,13H,2,4,8-10,12H2,1H3,(H,18,22)/b7-6+/t13-/m0/s1. The monoisotopic (exact) mass is 378 g/mol. The Kier molecular flexibility index (Phi) is 6.66. The molecule has 2 aromatic rings. The molecule has 8 heteroatoms. The number of hydrogen-bond donors (Lipinski definition) is 1. The van der Waals surface area contributed by atoms with Crippen LogP contribution in [0.5, 0.6) is 0 Å². The van der Waals surface area contributed by atoms with Crippen molar-refractivity contribution in [3.05, 3.63) is 34.3 Å². The van der Waals surface area contributed by atoms with Gasteiger partial charge < -0.3 is 14.6 Å². The number of aromatic nitrogens is 3. The van der Waals surface area contributed by atoms with Gasteiger partial charge in [-0.05, 0) is 30.4 Å². The number of thiophene rings is 1. The summed E-state index contributed by atoms with van der Waals surface area (Å²) in [6.45, 7) is 1.41. The topological polar surface area (TPSA) is 69.0 Å². The first kappa shape index (κ1) is 18.2. The highest BCUT2D eigenvalue weighted by Crippen LogP contribution is 2.22. The fourth-order valence-corrected chi connectivity index (χ4v) is 4.15. The smallest absolute Gasteiger partial charge is 0.244 e. The van der Waals surface area contributed by atoms with E-state index in [1.807, 2.05) is 35.2 Å². The minimum Gasteiger partial charge on any atom is -0.377 e. The Labute approximate surface area is 155 Å². The van der Waals surface area contributed by atoms with Crippen LogP contribution in [-0.2, 0) is 23.0 Å². The highest BCUT2D eigenvalue weighted by atomic mass is 32.2. The van der Waals surface area contributed by atoms with Crippen molar-refractivity contribution in [2.75, 3.05) is 18.9 Å². The molecule has 2 aromatic heterocycles. The fraction of sp³-hybridized carbons (Fsp3) is 0.471. The van der Waals surface area contributed by atoms with Crippen LogP contribution in [-0.4, -0.2) is 45.7 Å². The van der Waals surface area contributed by atoms with Crippen LogP contribution in [0.1, 0.15) is 23.5 Å². The van der Waals surface area contributed by atoms with E-state index in [1.54, 1.807) is 29.2 Å². The third-order valence-corrected chi connectivity index (χ3v) is 5.93. The van der Waals surface area contributed by atoms with Gasteiger partial charge in [0.05, 0.1) is 6.10 Å². The maximum Gasteiger partial charge on any atom is 0.244 e. The molecule has 6 nitrogen and oxygen atoms in total. The lowest BCUT2D eigenvalue weighted by Gasteiger charge is -2.08. The van der Waals surface area contributed by atoms with Crippen LogP contribution in [0.4, 0.5) is 0 Å². The van der Waals surface area contributed by atoms with Gasteiger partial charge in [-0.2, -0.15) is 0 Å². The van der Waals surface area contributed by atoms with Crippen LogP contribution in [0.25, 0.3) is 6.08 Å². The summed E-state index contributed by atoms with van der Waals surface area (Å²) in [7, 11) is 1.96. The van der Waals surface area contributed by atoms with E-state index in [0.29, 0.717) is 19.1 Å². The van der Waals surface area contributed by atoms with E-state index in [2.05, 4.69) is 15.5 Å². The average molecular weight is 379 g/mol. The molecule has 3 rings (SSSR count). The van der Waals surface area contributed by atoms with Gasteiger partial charge in [0.15, 0.2) is 5.16 Å². The summed E-state index contributed by atoms with van der Waals surface area (Å²) in [6.07, 6.45) is 6.65. The quantitative estimate of drug-likeness (QED) is 0.565. The molecule has 0 spiro atoms. The van der Waals surface area contributed by atoms with Gasteiger partial charge >= 0.3 is 0 Å². The number of carbonyl (C=O) groups excluding carboxylic acids is 1. The lowest BCUT2D eigenvalue weighted by molar-refractivity contribution is -0.116. The predicted molar refractivity (Wildman–Crippen MR) is 101 cm³/mol. The molecule has 0 bridgehead atoms. The Balaban J connectivity index is 1.41. The number of rotatable bonds is 8. The molecule has 1 amide bonds. The molecule has 0 aromatic carbocycles. The van der Waals surface area contributed by atoms with Gasteiger partial charge in [0.1, 0.15) is 5.82 Å². The fourth-order valence-electron chi connectivity index (χ4n) is 2.53. The van der Waals surface area contributed by atoms with Crippen molar-refractivity contribution in [3.63, 3.8) is 0 Å². The second-order valence-corrected chi connectivity index (χ2v) is 7.76. The number of ether oxygens (including phenoxy) is 1. The largest absolute Gasteiger partial charge is 0.377 e. The van der Waals surface area contributed by atoms with Gasteiger partial charge in [-0.1, -0.05) is 17.8 Å². The molecular formula is C17H22N4O2S2. The third kappa shape index (κ3) is 5.42. The summed E-state index contributed by atoms with van der Waals surface area (Å²) < 4.78 is 7.62. The van der Waals surface area contributed by atoms with E-state index in [9.17, 15) is 4.79 Å². The van der Waals surface area contributed by atoms with Gasteiger partial charge in [0.25, 0.3) is 0 Å². The van der Waals surface area contributed by atoms with Crippen molar-refractivity contribution in [2.45, 2.75) is 30.5 Å². The van der Waals surface area contributed by atoms with Crippen molar-refractivity contribution in [3.8, 4) is 0 Å². The second kappa shape index (κ2) is 9.17. The Morgan fingerprint density at radius 3 is 3.24 bits per heavy atom. The molecule has 3 heterocycles. The highest BCUT2D eigenvalue weighted by Gasteiger charge is 2.17. The molecule has 1 fully saturated rings. The molecule has 1 N–H and O–H groups in total. The summed E-state index contributed by atoms with van der Waals surface area (Å²) >= 11 is 3.28. The number of thioether (sulfide) groups is 1. The van der Waals surface area contributed by atoms with Crippen molar-refractivity contribution >= 4 is 35.1 Å². The van der Waals surface area contributed by atoms with Crippen LogP contribution < -0.4 is 5.32 Å². The Hall–Kier alpha value is -1.64. The zero-order valence-electron chi connectivity index (χ0n) is 14.2. The predicted octanol–water partition coefficient (Wildman–Crippen LogP) is 2.52. The SMILES string of the molecule is Cn1c(CCNC(=O)/C=C/c2cccs2)nnc1SC[C@@H]1CCCO1. The molecule has 25 heavy (non-hydrogen) atoms. The molecule has 134 valence electrons. The lowest BCUT2D eigenvalue weighted by Crippen LogP contribution is -2.24. The van der Waals surface area contributed by atoms with Crippen LogP contribution in [0, 0.1) is 0 Å². The molecule has 0 aliphatic carbocycles. The second-order valence-electron chi connectivity index (χ2n) is 5.79. The van der Waals surface area contributed by atoms with Gasteiger partial charge in [0, 0.05) is 43.3 Å². The van der Waals surface area contributed by atoms with Crippen molar-refractivity contribution < 1.29 is 9.53 Å². The molecule has 1 atom stereocenters. The van der Waals surface area contributed by atoms with Crippen molar-refractivity contribution in [2.24, 2.45) is 7.05 Å². The van der Waals surface area contributed by atoms with E-state index in [1.165, 1.54) is 0 Å². The normalized spacial score (nSPS) is 17.4. The van der Waals surface area contributed by atoms with Crippen LogP contribution in [0.2, 0.25) is 0 Å². The zero-order valence-corrected chi connectivity index (χ0v) is 15.8. The van der Waals surface area contributed by atoms with E-state index >= 15 is 0 Å². The lowest BCUT2D eigenvalue weighted by atomic mass is 10.3. The first-order valence-electron chi connectivity index (χ1n) is 8.34. The third-order valence-electron chi connectivity index (χ3n) is 3.94. The summed E-state index contributed by atoms with van der Waals surface area (Å²) in [5.74, 6) is 1.69. The average Bonchev–Trinajstić information content (AvgIpc) is 3.35. The molecule has 0 unspecified atom stereocenters. The van der Waals surface area contributed by atoms with Crippen molar-refractivity contribution in [1.29, 1.82) is 0 Å². The van der Waals surface area contributed by atoms with Crippen molar-refractivity contribution in [1.82, 2.24) is 20.1 Å². The Morgan fingerprint density at radius 1 is 1.56 bits per heavy atom. The van der Waals surface area contributed by atoms with E-state index in [0.717, 1.165) is 41.1 Å². The van der Waals surface area contributed by atoms with Gasteiger partial charge in [0.2, 0.25) is 5.91 Å². The summed E-state index contributed by atoms with van der Waals surface area (Å²) in [6, 6.07) is 3.94. The minimum atomic E-state index is -0.0939. The molecule has 0 radical (unpaired) electrons. The summed E-state index contributed by atoms with van der Waals surface area (Å²) in [5.41, 5.74) is 0. The molecule has 1 aliphatic heterocycles. The highest BCUT2D eigenvalue weighted by molar-refractivity contribution is 7.99. The van der Waals surface area contributed by atoms with E-state index in [4.69, 9.17) is 4.74 Å². The van der Waals surface area contributed by atoms with Gasteiger partial charge in [-0.15, -0.1) is 21.5 Å². The number of carbonyl (C=O) groups is 1. The first-order chi connectivity index (χ1) is 12.2. The van der Waals surface area contributed by atoms with Crippen LogP contribution in [0.15, 0.2) is 28.7 Å². The maximum absolute atomic E-state index is 11.8. The molecular weight excluding hydrogens is 356 g/mol. The van der Waals surface area contributed by atoms with Gasteiger partial charge in [-0.3, -0.25) is 4.79 Å². The van der Waals surface area contributed by atoms with E-state index in [-0.39, 0.29) is 5.91 Å². The number of hydrogen-bond acceptors (Lipinski definition) is 6. The van der Waals surface area contributed by atoms with Gasteiger partial charge in [-0.25, -0.2) is 0 Å². The number of nitrogens with one attached hydrogen (secondary N) is 1. The zero-order chi connectivity index (χ0) is 17.5. The Bertz CT molecular complexity index is 706. The molecule has 0 saturated carbocycles. The number of nitrogens with zero attached hydrogens (tertiary/aromatic N) is 3.